The first-order valence-corrected chi connectivity index (χ1v) is 1.06. The molecule has 0 aliphatic heterocycles. The van der Waals surface area contributed by atoms with Gasteiger partial charge in [0.1, 0.15) is 0 Å². The van der Waals surface area contributed by atoms with Gasteiger partial charge in [0.05, 0.1) is 0 Å². The lowest BCUT2D eigenvalue weighted by Crippen LogP contribution is -0.617. The molecule has 0 spiro atoms. The molecule has 5 heavy (non-hydrogen) atoms. The van der Waals surface area contributed by atoms with Crippen molar-refractivity contribution in [2.24, 2.45) is 0 Å². The van der Waals surface area contributed by atoms with E-state index in [0.29, 0.717) is 0 Å². The Bertz CT molecular complexity index is 7.61. The summed E-state index contributed by atoms with van der Waals surface area (Å²) in [5, 5.41) is 0. The fraction of sp³-hybridized carbons (Fsp3) is 0. The van der Waals surface area contributed by atoms with Crippen molar-refractivity contribution in [2.75, 3.05) is 0 Å². The molecule has 0 saturated heterocycles. The van der Waals surface area contributed by atoms with Gasteiger partial charge in [0.25, 0.3) is 0 Å². The third kappa shape index (κ3) is 29.0. The average molecular weight is 242 g/mol. The van der Waals surface area contributed by atoms with Gasteiger partial charge in [-0.25, -0.2) is 0 Å². The van der Waals surface area contributed by atoms with Crippen LogP contribution in [0.4, 0.5) is 0 Å². The summed E-state index contributed by atoms with van der Waals surface area (Å²) < 4.78 is 0. The second kappa shape index (κ2) is 47.5. The molecule has 0 amide bonds. The summed E-state index contributed by atoms with van der Waals surface area (Å²) in [7, 11) is 2.72. The Balaban J connectivity index is -0.00000000167. The Morgan fingerprint density at radius 2 is 1.00 bits per heavy atom. The molecule has 4 heteroatoms. The van der Waals surface area contributed by atoms with E-state index >= 15 is 0 Å². The number of halogens is 2. The van der Waals surface area contributed by atoms with Gasteiger partial charge in [-0.15, -0.1) is 42.8 Å². The van der Waals surface area contributed by atoms with Crippen LogP contribution in [-0.4, -0.2) is 6.30 Å². The lowest BCUT2D eigenvalue weighted by molar-refractivity contribution is 4.77. The Morgan fingerprint density at radius 1 is 1.00 bits per heavy atom. The summed E-state index contributed by atoms with van der Waals surface area (Å²) in [5.74, 6) is 0. The van der Waals surface area contributed by atoms with Crippen molar-refractivity contribution in [2.45, 2.75) is 0 Å². The zero-order chi connectivity index (χ0) is 2.00. The van der Waals surface area contributed by atoms with Crippen molar-refractivity contribution in [3.8, 4) is 0 Å². The second-order valence-electron chi connectivity index (χ2n) is 0. The SMILES string of the molecule is Br.Br.C=P.P. The minimum atomic E-state index is 0. The largest absolute Gasteiger partial charge is 0.153 e. The summed E-state index contributed by atoms with van der Waals surface area (Å²) >= 11 is 0. The summed E-state index contributed by atoms with van der Waals surface area (Å²) in [6.45, 7) is 0. The van der Waals surface area contributed by atoms with Crippen LogP contribution >= 0.6 is 52.7 Å². The fourth-order valence-electron chi connectivity index (χ4n) is 0. The highest BCUT2D eigenvalue weighted by Crippen LogP contribution is 1.20. The van der Waals surface area contributed by atoms with Crippen LogP contribution in [0.2, 0.25) is 0 Å². The first-order valence-electron chi connectivity index (χ1n) is 0.354. The third-order valence-electron chi connectivity index (χ3n) is 0. The van der Waals surface area contributed by atoms with Gasteiger partial charge < -0.3 is 0 Å². The molecular formula is CH8Br2P2. The average Bonchev–Trinajstić information content (AvgIpc) is 1.00. The number of hydrogen-bond acceptors (Lipinski definition) is 0. The summed E-state index contributed by atoms with van der Waals surface area (Å²) in [6.07, 6.45) is 3.06. The fourth-order valence-corrected chi connectivity index (χ4v) is 0. The van der Waals surface area contributed by atoms with Crippen LogP contribution in [0.15, 0.2) is 0 Å². The van der Waals surface area contributed by atoms with E-state index in [0.717, 1.165) is 0 Å². The van der Waals surface area contributed by atoms with E-state index in [4.69, 9.17) is 0 Å². The molecule has 0 N–H and O–H groups in total. The number of hydrogen-bond donors (Lipinski definition) is 0. The molecule has 0 rings (SSSR count). The molecule has 36 valence electrons. The maximum absolute atomic E-state index is 3.06. The second-order valence-corrected chi connectivity index (χ2v) is 0. The van der Waals surface area contributed by atoms with Crippen LogP contribution in [0.3, 0.4) is 0 Å². The van der Waals surface area contributed by atoms with E-state index in [-0.39, 0.29) is 43.9 Å². The lowest BCUT2D eigenvalue weighted by atomic mass is 12.0. The molecular weight excluding hydrogens is 234 g/mol. The van der Waals surface area contributed by atoms with Gasteiger partial charge in [-0.2, -0.15) is 9.90 Å². The van der Waals surface area contributed by atoms with Crippen LogP contribution in [0.1, 0.15) is 0 Å². The van der Waals surface area contributed by atoms with Crippen LogP contribution in [0, 0.1) is 0 Å². The van der Waals surface area contributed by atoms with Crippen LogP contribution in [0.5, 0.6) is 0 Å². The minimum absolute atomic E-state index is 0. The summed E-state index contributed by atoms with van der Waals surface area (Å²) in [5.41, 5.74) is 0. The van der Waals surface area contributed by atoms with Crippen LogP contribution < -0.4 is 0 Å². The highest BCUT2D eigenvalue weighted by Gasteiger charge is 0.603. The Hall–Kier alpha value is 1.56. The van der Waals surface area contributed by atoms with E-state index in [2.05, 4.69) is 15.2 Å². The number of rotatable bonds is 0. The Kier molecular flexibility index (Phi) is 294. The van der Waals surface area contributed by atoms with Crippen molar-refractivity contribution >= 4 is 59.0 Å². The molecule has 0 aliphatic rings. The molecule has 0 nitrogen and oxygen atoms in total. The van der Waals surface area contributed by atoms with E-state index < -0.39 is 0 Å². The van der Waals surface area contributed by atoms with Gasteiger partial charge in [0.15, 0.2) is 0 Å². The first-order chi connectivity index (χ1) is 1.00. The highest BCUT2D eigenvalue weighted by atomic mass is 79.9. The maximum Gasteiger partial charge on any atom is -0.0786 e. The van der Waals surface area contributed by atoms with Gasteiger partial charge in [0, 0.05) is 0 Å². The molecule has 0 aromatic heterocycles. The van der Waals surface area contributed by atoms with Gasteiger partial charge >= 0.3 is 0 Å². The molecule has 1 atom stereocenters. The van der Waals surface area contributed by atoms with E-state index in [1.807, 2.05) is 0 Å². The van der Waals surface area contributed by atoms with Gasteiger partial charge in [-0.3, -0.25) is 0 Å². The van der Waals surface area contributed by atoms with Crippen molar-refractivity contribution in [3.05, 3.63) is 0 Å². The van der Waals surface area contributed by atoms with Crippen molar-refractivity contribution in [1.29, 1.82) is 0 Å². The lowest BCUT2D eigenvalue weighted by Gasteiger charge is -0.812. The monoisotopic (exact) mass is 240 g/mol. The van der Waals surface area contributed by atoms with Gasteiger partial charge in [-0.05, 0) is 0 Å². The summed E-state index contributed by atoms with van der Waals surface area (Å²) in [6, 6.07) is 0. The van der Waals surface area contributed by atoms with Gasteiger partial charge in [0.2, 0.25) is 0 Å². The predicted octanol–water partition coefficient (Wildman–Crippen LogP) is 1.78. The van der Waals surface area contributed by atoms with Crippen molar-refractivity contribution < 1.29 is 0 Å². The topological polar surface area (TPSA) is 0 Å². The first kappa shape index (κ1) is 30.9. The smallest absolute Gasteiger partial charge is 0.0786 e. The van der Waals surface area contributed by atoms with E-state index in [1.165, 1.54) is 0 Å². The molecule has 1 unspecified atom stereocenters. The third-order valence-corrected chi connectivity index (χ3v) is 0. The molecule has 0 fully saturated rings. The minimum Gasteiger partial charge on any atom is -0.153 e. The zero-order valence-corrected chi connectivity index (χ0v) is 8.57. The molecule has 0 radical (unpaired) electrons. The zero-order valence-electron chi connectivity index (χ0n) is 2.73. The van der Waals surface area contributed by atoms with Crippen LogP contribution in [0.25, 0.3) is 0 Å². The molecule has 0 saturated carbocycles. The standard InChI is InChI=1S/CH3P.2BrH.H3P/c1-2;;;/h2H,1H2;2*1H;1H3. The molecule has 0 aromatic rings. The van der Waals surface area contributed by atoms with E-state index in [1.54, 1.807) is 0 Å². The normalized spacial score (nSPS) is 0.800. The maximum atomic E-state index is 3.06. The quantitative estimate of drug-likeness (QED) is 0.568. The van der Waals surface area contributed by atoms with Crippen molar-refractivity contribution in [3.63, 3.8) is 0 Å². The Labute approximate surface area is 59.1 Å². The molecule has 0 aliphatic carbocycles. The van der Waals surface area contributed by atoms with Gasteiger partial charge in [-0.1, -0.05) is 6.30 Å². The molecule has 0 heterocycles. The molecule has 0 bridgehead atoms. The van der Waals surface area contributed by atoms with Crippen molar-refractivity contribution in [1.82, 2.24) is 0 Å². The Morgan fingerprint density at radius 3 is 1.00 bits per heavy atom. The predicted molar refractivity (Wildman–Crippen MR) is 47.2 cm³/mol. The highest BCUT2D eigenvalue weighted by molar-refractivity contribution is 8.93. The van der Waals surface area contributed by atoms with E-state index in [9.17, 15) is 0 Å². The summed E-state index contributed by atoms with van der Waals surface area (Å²) in [4.78, 5) is 0. The molecule has 0 aromatic carbocycles. The van der Waals surface area contributed by atoms with Crippen LogP contribution in [-0.2, 0) is 0 Å².